The van der Waals surface area contributed by atoms with Crippen LogP contribution in [0.25, 0.3) is 0 Å². The lowest BCUT2D eigenvalue weighted by molar-refractivity contribution is -0.285. The molecule has 0 aromatic heterocycles. The fourth-order valence-corrected chi connectivity index (χ4v) is 2.24. The Hall–Kier alpha value is -0.160. The van der Waals surface area contributed by atoms with Gasteiger partial charge in [-0.15, -0.1) is 0 Å². The van der Waals surface area contributed by atoms with Crippen LogP contribution in [0.4, 0.5) is 0 Å². The Morgan fingerprint density at radius 1 is 1.21 bits per heavy atom. The van der Waals surface area contributed by atoms with Gasteiger partial charge in [-0.1, -0.05) is 0 Å². The summed E-state index contributed by atoms with van der Waals surface area (Å²) < 4.78 is 11.5. The van der Waals surface area contributed by atoms with Gasteiger partial charge >= 0.3 is 0 Å². The summed E-state index contributed by atoms with van der Waals surface area (Å²) in [4.78, 5) is 0. The highest BCUT2D eigenvalue weighted by molar-refractivity contribution is 4.85. The van der Waals surface area contributed by atoms with E-state index in [0.717, 1.165) is 25.7 Å². The van der Waals surface area contributed by atoms with Gasteiger partial charge in [-0.05, 0) is 19.9 Å². The Morgan fingerprint density at radius 2 is 1.79 bits per heavy atom. The fourth-order valence-electron chi connectivity index (χ4n) is 2.24. The summed E-state index contributed by atoms with van der Waals surface area (Å²) in [7, 11) is 2.02. The van der Waals surface area contributed by atoms with Crippen LogP contribution < -0.4 is 11.1 Å². The molecule has 1 aliphatic carbocycles. The summed E-state index contributed by atoms with van der Waals surface area (Å²) in [6.45, 7) is 1.29. The molecule has 0 atom stereocenters. The second-order valence-corrected chi connectivity index (χ2v) is 4.36. The van der Waals surface area contributed by atoms with Crippen molar-refractivity contribution in [3.63, 3.8) is 0 Å². The van der Waals surface area contributed by atoms with Gasteiger partial charge in [0.05, 0.1) is 19.3 Å². The minimum absolute atomic E-state index is 0.0580. The molecule has 4 heteroatoms. The summed E-state index contributed by atoms with van der Waals surface area (Å²) in [6, 6.07) is 0.686. The quantitative estimate of drug-likeness (QED) is 0.635. The monoisotopic (exact) mass is 200 g/mol. The molecule has 1 heterocycles. The highest BCUT2D eigenvalue weighted by Crippen LogP contribution is 2.34. The minimum atomic E-state index is -0.302. The van der Waals surface area contributed by atoms with E-state index in [2.05, 4.69) is 5.32 Å². The van der Waals surface area contributed by atoms with E-state index >= 15 is 0 Å². The molecule has 0 aromatic carbocycles. The van der Waals surface area contributed by atoms with Crippen molar-refractivity contribution in [3.8, 4) is 0 Å². The van der Waals surface area contributed by atoms with Gasteiger partial charge in [0.1, 0.15) is 0 Å². The van der Waals surface area contributed by atoms with Crippen molar-refractivity contribution in [3.05, 3.63) is 0 Å². The summed E-state index contributed by atoms with van der Waals surface area (Å²) >= 11 is 0. The van der Waals surface area contributed by atoms with E-state index in [4.69, 9.17) is 15.2 Å². The standard InChI is InChI=1S/C10H20N2O2/c1-12-9-2-4-10(5-3-9)13-6-8(11)7-14-10/h8-9,12H,2-7,11H2,1H3. The maximum Gasteiger partial charge on any atom is 0.168 e. The van der Waals surface area contributed by atoms with Crippen LogP contribution in [0.1, 0.15) is 25.7 Å². The average molecular weight is 200 g/mol. The van der Waals surface area contributed by atoms with Crippen LogP contribution in [0.15, 0.2) is 0 Å². The molecule has 82 valence electrons. The lowest BCUT2D eigenvalue weighted by atomic mass is 9.89. The van der Waals surface area contributed by atoms with Crippen LogP contribution in [0, 0.1) is 0 Å². The third kappa shape index (κ3) is 2.08. The zero-order chi connectivity index (χ0) is 10.0. The van der Waals surface area contributed by atoms with Crippen molar-refractivity contribution >= 4 is 0 Å². The third-order valence-electron chi connectivity index (χ3n) is 3.28. The first kappa shape index (κ1) is 10.4. The molecule has 2 aliphatic rings. The van der Waals surface area contributed by atoms with Gasteiger partial charge in [0.15, 0.2) is 5.79 Å². The lowest BCUT2D eigenvalue weighted by Gasteiger charge is -2.43. The van der Waals surface area contributed by atoms with Crippen LogP contribution >= 0.6 is 0 Å². The average Bonchev–Trinajstić information content (AvgIpc) is 2.24. The number of nitrogens with one attached hydrogen (secondary N) is 1. The number of hydrogen-bond acceptors (Lipinski definition) is 4. The maximum atomic E-state index is 5.74. The van der Waals surface area contributed by atoms with Crippen LogP contribution in [-0.4, -0.2) is 38.1 Å². The lowest BCUT2D eigenvalue weighted by Crippen LogP contribution is -2.52. The molecule has 2 fully saturated rings. The summed E-state index contributed by atoms with van der Waals surface area (Å²) in [5.41, 5.74) is 5.72. The van der Waals surface area contributed by atoms with E-state index in [0.29, 0.717) is 19.3 Å². The fraction of sp³-hybridized carbons (Fsp3) is 1.00. The Labute approximate surface area is 85.1 Å². The predicted molar refractivity (Wildman–Crippen MR) is 53.9 cm³/mol. The van der Waals surface area contributed by atoms with Crippen LogP contribution in [0.3, 0.4) is 0 Å². The first-order valence-corrected chi connectivity index (χ1v) is 5.45. The van der Waals surface area contributed by atoms with Crippen LogP contribution in [0.5, 0.6) is 0 Å². The molecule has 0 aromatic rings. The van der Waals surface area contributed by atoms with Crippen LogP contribution in [-0.2, 0) is 9.47 Å². The van der Waals surface area contributed by atoms with E-state index in [1.807, 2.05) is 7.05 Å². The zero-order valence-corrected chi connectivity index (χ0v) is 8.79. The van der Waals surface area contributed by atoms with Gasteiger partial charge in [0, 0.05) is 18.9 Å². The Balaban J connectivity index is 1.86. The second-order valence-electron chi connectivity index (χ2n) is 4.36. The highest BCUT2D eigenvalue weighted by Gasteiger charge is 2.39. The summed E-state index contributed by atoms with van der Waals surface area (Å²) in [6.07, 6.45) is 4.24. The molecule has 1 saturated heterocycles. The molecule has 2 rings (SSSR count). The molecular formula is C10H20N2O2. The molecular weight excluding hydrogens is 180 g/mol. The molecule has 4 nitrogen and oxygen atoms in total. The normalized spacial score (nSPS) is 44.1. The largest absolute Gasteiger partial charge is 0.348 e. The van der Waals surface area contributed by atoms with Gasteiger partial charge < -0.3 is 20.5 Å². The molecule has 0 radical (unpaired) electrons. The first-order chi connectivity index (χ1) is 6.74. The van der Waals surface area contributed by atoms with Gasteiger partial charge in [-0.25, -0.2) is 0 Å². The maximum absolute atomic E-state index is 5.74. The molecule has 14 heavy (non-hydrogen) atoms. The van der Waals surface area contributed by atoms with Crippen molar-refractivity contribution in [2.45, 2.75) is 43.6 Å². The Kier molecular flexibility index (Phi) is 3.07. The van der Waals surface area contributed by atoms with E-state index in [1.165, 1.54) is 0 Å². The summed E-state index contributed by atoms with van der Waals surface area (Å²) in [5.74, 6) is -0.302. The van der Waals surface area contributed by atoms with Crippen molar-refractivity contribution in [2.75, 3.05) is 20.3 Å². The van der Waals surface area contributed by atoms with Gasteiger partial charge in [0.2, 0.25) is 0 Å². The molecule has 0 bridgehead atoms. The van der Waals surface area contributed by atoms with Gasteiger partial charge in [0.25, 0.3) is 0 Å². The molecule has 0 unspecified atom stereocenters. The van der Waals surface area contributed by atoms with E-state index < -0.39 is 0 Å². The Morgan fingerprint density at radius 3 is 2.29 bits per heavy atom. The smallest absolute Gasteiger partial charge is 0.168 e. The number of ether oxygens (including phenoxy) is 2. The van der Waals surface area contributed by atoms with Crippen LogP contribution in [0.2, 0.25) is 0 Å². The van der Waals surface area contributed by atoms with Gasteiger partial charge in [-0.2, -0.15) is 0 Å². The van der Waals surface area contributed by atoms with Crippen molar-refractivity contribution in [2.24, 2.45) is 5.73 Å². The Bertz CT molecular complexity index is 181. The number of nitrogens with two attached hydrogens (primary N) is 1. The van der Waals surface area contributed by atoms with E-state index in [-0.39, 0.29) is 11.8 Å². The van der Waals surface area contributed by atoms with Crippen molar-refractivity contribution in [1.29, 1.82) is 0 Å². The van der Waals surface area contributed by atoms with Crippen molar-refractivity contribution < 1.29 is 9.47 Å². The SMILES string of the molecule is CNC1CCC2(CC1)OCC(N)CO2. The van der Waals surface area contributed by atoms with E-state index in [1.54, 1.807) is 0 Å². The van der Waals surface area contributed by atoms with E-state index in [9.17, 15) is 0 Å². The molecule has 1 aliphatic heterocycles. The molecule has 1 spiro atoms. The molecule has 1 saturated carbocycles. The van der Waals surface area contributed by atoms with Gasteiger partial charge in [-0.3, -0.25) is 0 Å². The number of rotatable bonds is 1. The second kappa shape index (κ2) is 4.14. The highest BCUT2D eigenvalue weighted by atomic mass is 16.7. The molecule has 0 amide bonds. The predicted octanol–water partition coefficient (Wildman–Crippen LogP) is 0.219. The van der Waals surface area contributed by atoms with Crippen molar-refractivity contribution in [1.82, 2.24) is 5.32 Å². The number of hydrogen-bond donors (Lipinski definition) is 2. The third-order valence-corrected chi connectivity index (χ3v) is 3.28. The zero-order valence-electron chi connectivity index (χ0n) is 8.79. The minimum Gasteiger partial charge on any atom is -0.348 e. The first-order valence-electron chi connectivity index (χ1n) is 5.45. The summed E-state index contributed by atoms with van der Waals surface area (Å²) in [5, 5.41) is 3.30. The molecule has 3 N–H and O–H groups in total. The topological polar surface area (TPSA) is 56.5 Å².